The number of benzene rings is 1. The Morgan fingerprint density at radius 2 is 2.12 bits per heavy atom. The lowest BCUT2D eigenvalue weighted by Crippen LogP contribution is -2.60. The van der Waals surface area contributed by atoms with Gasteiger partial charge in [0.2, 0.25) is 0 Å². The zero-order valence-corrected chi connectivity index (χ0v) is 16.7. The number of hydrogen-bond donors (Lipinski definition) is 2. The minimum atomic E-state index is -0.338. The third kappa shape index (κ3) is 2.23. The standard InChI is InChI=1S/C19H23BrN2O4/c1-22-5-4-19-9-13(21-24)15(25-2)7-11(19)14(22)6-10-12(20)8-16(26-3)18(23)17(10)19/h7-8,11,14,23-24H,4-6,9H2,1-3H3/b21-13+/t11-,14+,19+/m0/s1. The molecule has 140 valence electrons. The molecular formula is C19H23BrN2O4. The van der Waals surface area contributed by atoms with Crippen molar-refractivity contribution in [3.8, 4) is 11.5 Å². The number of fused-ring (bicyclic) bond motifs is 1. The summed E-state index contributed by atoms with van der Waals surface area (Å²) in [5.41, 5.74) is 2.22. The van der Waals surface area contributed by atoms with E-state index in [1.165, 1.54) is 0 Å². The Hall–Kier alpha value is -1.73. The number of piperidine rings is 1. The highest BCUT2D eigenvalue weighted by molar-refractivity contribution is 9.10. The summed E-state index contributed by atoms with van der Waals surface area (Å²) in [6.07, 6.45) is 4.29. The van der Waals surface area contributed by atoms with Crippen LogP contribution in [0.25, 0.3) is 0 Å². The molecule has 0 saturated carbocycles. The first-order chi connectivity index (χ1) is 12.5. The normalized spacial score (nSPS) is 31.8. The van der Waals surface area contributed by atoms with Crippen molar-refractivity contribution in [1.29, 1.82) is 0 Å². The van der Waals surface area contributed by atoms with E-state index < -0.39 is 0 Å². The number of halogens is 1. The number of hydrogen-bond acceptors (Lipinski definition) is 6. The second-order valence-corrected chi connectivity index (χ2v) is 8.26. The van der Waals surface area contributed by atoms with Crippen molar-refractivity contribution < 1.29 is 19.8 Å². The summed E-state index contributed by atoms with van der Waals surface area (Å²) >= 11 is 3.68. The smallest absolute Gasteiger partial charge is 0.161 e. The van der Waals surface area contributed by atoms with Gasteiger partial charge in [0.25, 0.3) is 0 Å². The maximum atomic E-state index is 11.0. The monoisotopic (exact) mass is 422 g/mol. The van der Waals surface area contributed by atoms with Crippen LogP contribution in [0.4, 0.5) is 0 Å². The summed E-state index contributed by atoms with van der Waals surface area (Å²) in [5, 5.41) is 24.1. The number of allylic oxidation sites excluding steroid dienone is 1. The van der Waals surface area contributed by atoms with Gasteiger partial charge in [0.15, 0.2) is 11.5 Å². The Bertz CT molecular complexity index is 822. The molecule has 0 amide bonds. The summed E-state index contributed by atoms with van der Waals surface area (Å²) in [7, 11) is 5.31. The van der Waals surface area contributed by atoms with Crippen molar-refractivity contribution in [2.75, 3.05) is 27.8 Å². The maximum Gasteiger partial charge on any atom is 0.161 e. The van der Waals surface area contributed by atoms with Gasteiger partial charge in [-0.1, -0.05) is 21.1 Å². The van der Waals surface area contributed by atoms with Gasteiger partial charge in [-0.25, -0.2) is 0 Å². The van der Waals surface area contributed by atoms with Crippen LogP contribution in [0.5, 0.6) is 11.5 Å². The fourth-order valence-electron chi connectivity index (χ4n) is 5.16. The number of phenolic OH excluding ortho intramolecular Hbond substituents is 1. The van der Waals surface area contributed by atoms with Crippen LogP contribution in [0.2, 0.25) is 0 Å². The van der Waals surface area contributed by atoms with Crippen LogP contribution >= 0.6 is 15.9 Å². The van der Waals surface area contributed by atoms with Crippen molar-refractivity contribution in [3.63, 3.8) is 0 Å². The number of nitrogens with zero attached hydrogens (tertiary/aromatic N) is 2. The van der Waals surface area contributed by atoms with Crippen molar-refractivity contribution in [2.24, 2.45) is 11.1 Å². The molecule has 1 aromatic carbocycles. The van der Waals surface area contributed by atoms with Gasteiger partial charge < -0.3 is 24.7 Å². The highest BCUT2D eigenvalue weighted by Crippen LogP contribution is 2.59. The average Bonchev–Trinajstić information content (AvgIpc) is 2.65. The van der Waals surface area contributed by atoms with Crippen LogP contribution in [0.1, 0.15) is 24.0 Å². The van der Waals surface area contributed by atoms with Gasteiger partial charge in [-0.05, 0) is 44.1 Å². The van der Waals surface area contributed by atoms with Gasteiger partial charge in [0.1, 0.15) is 11.5 Å². The molecule has 7 heteroatoms. The molecule has 1 aliphatic heterocycles. The third-order valence-corrected chi connectivity index (χ3v) is 7.12. The molecule has 0 unspecified atom stereocenters. The van der Waals surface area contributed by atoms with Crippen molar-refractivity contribution in [3.05, 3.63) is 33.5 Å². The number of ether oxygens (including phenoxy) is 2. The van der Waals surface area contributed by atoms with Crippen molar-refractivity contribution >= 4 is 21.6 Å². The van der Waals surface area contributed by atoms with E-state index in [-0.39, 0.29) is 17.1 Å². The third-order valence-electron chi connectivity index (χ3n) is 6.42. The Morgan fingerprint density at radius 3 is 2.77 bits per heavy atom. The molecule has 1 fully saturated rings. The van der Waals surface area contributed by atoms with E-state index in [9.17, 15) is 10.3 Å². The Morgan fingerprint density at radius 1 is 1.35 bits per heavy atom. The first-order valence-electron chi connectivity index (χ1n) is 8.73. The molecule has 6 nitrogen and oxygen atoms in total. The zero-order chi connectivity index (χ0) is 18.6. The minimum Gasteiger partial charge on any atom is -0.504 e. The number of methoxy groups -OCH3 is 2. The van der Waals surface area contributed by atoms with E-state index >= 15 is 0 Å². The highest BCUT2D eigenvalue weighted by atomic mass is 79.9. The molecule has 2 bridgehead atoms. The summed E-state index contributed by atoms with van der Waals surface area (Å²) < 4.78 is 11.8. The lowest BCUT2D eigenvalue weighted by Gasteiger charge is -2.57. The molecule has 1 aromatic rings. The number of likely N-dealkylation sites (N-methyl/N-ethyl adjacent to an activating group) is 1. The predicted molar refractivity (Wildman–Crippen MR) is 101 cm³/mol. The van der Waals surface area contributed by atoms with Crippen LogP contribution in [-0.4, -0.2) is 54.8 Å². The molecule has 26 heavy (non-hydrogen) atoms. The van der Waals surface area contributed by atoms with Crippen LogP contribution in [0.15, 0.2) is 27.5 Å². The van der Waals surface area contributed by atoms with Crippen LogP contribution < -0.4 is 4.74 Å². The lowest BCUT2D eigenvalue weighted by atomic mass is 9.53. The molecule has 1 heterocycles. The highest BCUT2D eigenvalue weighted by Gasteiger charge is 2.56. The quantitative estimate of drug-likeness (QED) is 0.565. The lowest BCUT2D eigenvalue weighted by molar-refractivity contribution is 0.0517. The number of rotatable bonds is 2. The Balaban J connectivity index is 2.02. The minimum absolute atomic E-state index is 0.166. The molecular weight excluding hydrogens is 400 g/mol. The maximum absolute atomic E-state index is 11.0. The van der Waals surface area contributed by atoms with E-state index in [0.29, 0.717) is 29.7 Å². The van der Waals surface area contributed by atoms with Crippen LogP contribution in [0, 0.1) is 5.92 Å². The fraction of sp³-hybridized carbons (Fsp3) is 0.526. The van der Waals surface area contributed by atoms with Gasteiger partial charge in [-0.3, -0.25) is 0 Å². The molecule has 1 saturated heterocycles. The summed E-state index contributed by atoms with van der Waals surface area (Å²) in [6, 6.07) is 2.13. The second-order valence-electron chi connectivity index (χ2n) is 7.41. The molecule has 0 aromatic heterocycles. The van der Waals surface area contributed by atoms with Gasteiger partial charge in [-0.15, -0.1) is 0 Å². The first kappa shape index (κ1) is 17.7. The van der Waals surface area contributed by atoms with E-state index in [0.717, 1.165) is 35.0 Å². The Labute approximate surface area is 161 Å². The number of oxime groups is 1. The molecule has 3 aliphatic rings. The van der Waals surface area contributed by atoms with Crippen LogP contribution in [-0.2, 0) is 16.6 Å². The largest absolute Gasteiger partial charge is 0.504 e. The Kier molecular flexibility index (Phi) is 4.19. The predicted octanol–water partition coefficient (Wildman–Crippen LogP) is 3.04. The first-order valence-corrected chi connectivity index (χ1v) is 9.52. The van der Waals surface area contributed by atoms with E-state index in [1.807, 2.05) is 6.07 Å². The fourth-order valence-corrected chi connectivity index (χ4v) is 5.73. The summed E-state index contributed by atoms with van der Waals surface area (Å²) in [4.78, 5) is 2.38. The topological polar surface area (TPSA) is 74.5 Å². The number of phenols is 1. The van der Waals surface area contributed by atoms with Gasteiger partial charge >= 0.3 is 0 Å². The van der Waals surface area contributed by atoms with Gasteiger partial charge in [0.05, 0.1) is 14.2 Å². The average molecular weight is 423 g/mol. The van der Waals surface area contributed by atoms with Crippen LogP contribution in [0.3, 0.4) is 0 Å². The molecule has 3 atom stereocenters. The number of aromatic hydroxyl groups is 1. The molecule has 2 aliphatic carbocycles. The van der Waals surface area contributed by atoms with E-state index in [2.05, 4.69) is 39.1 Å². The molecule has 4 rings (SSSR count). The molecule has 0 spiro atoms. The zero-order valence-electron chi connectivity index (χ0n) is 15.1. The number of likely N-dealkylation sites (tertiary alicyclic amines) is 1. The summed E-state index contributed by atoms with van der Waals surface area (Å²) in [5.74, 6) is 1.45. The van der Waals surface area contributed by atoms with Gasteiger partial charge in [0, 0.05) is 33.8 Å². The summed E-state index contributed by atoms with van der Waals surface area (Å²) in [6.45, 7) is 0.920. The van der Waals surface area contributed by atoms with E-state index in [1.54, 1.807) is 14.2 Å². The molecule has 2 N–H and O–H groups in total. The van der Waals surface area contributed by atoms with Crippen molar-refractivity contribution in [1.82, 2.24) is 4.90 Å². The van der Waals surface area contributed by atoms with Crippen molar-refractivity contribution in [2.45, 2.75) is 30.7 Å². The SMILES string of the molecule is COC1=C[C@H]2[C@H]3Cc4c(Br)cc(OC)c(O)c4[C@]2(CCN3C)C/C1=N\O. The molecule has 0 radical (unpaired) electrons. The second kappa shape index (κ2) is 6.16. The van der Waals surface area contributed by atoms with Gasteiger partial charge in [-0.2, -0.15) is 0 Å². The van der Waals surface area contributed by atoms with E-state index in [4.69, 9.17) is 9.47 Å².